The average molecular weight is 398 g/mol. The molecule has 1 heterocycles. The predicted molar refractivity (Wildman–Crippen MR) is 107 cm³/mol. The van der Waals surface area contributed by atoms with Gasteiger partial charge >= 0.3 is 6.61 Å². The van der Waals surface area contributed by atoms with Crippen LogP contribution in [-0.4, -0.2) is 57.8 Å². The van der Waals surface area contributed by atoms with Crippen LogP contribution in [-0.2, 0) is 6.54 Å². The molecule has 2 rings (SSSR count). The van der Waals surface area contributed by atoms with Crippen molar-refractivity contribution in [2.45, 2.75) is 39.3 Å². The maximum Gasteiger partial charge on any atom is 0.387 e. The Labute approximate surface area is 166 Å². The number of nitrogens with one attached hydrogen (secondary N) is 2. The first-order valence-corrected chi connectivity index (χ1v) is 9.85. The van der Waals surface area contributed by atoms with Crippen molar-refractivity contribution in [3.63, 3.8) is 0 Å². The second kappa shape index (κ2) is 11.7. The number of rotatable bonds is 9. The van der Waals surface area contributed by atoms with E-state index in [-0.39, 0.29) is 5.75 Å². The zero-order chi connectivity index (χ0) is 20.4. The van der Waals surface area contributed by atoms with Gasteiger partial charge in [-0.25, -0.2) is 0 Å². The Morgan fingerprint density at radius 1 is 1.29 bits per heavy atom. The molecular weight excluding hydrogens is 366 g/mol. The quantitative estimate of drug-likeness (QED) is 0.495. The van der Waals surface area contributed by atoms with Crippen LogP contribution < -0.4 is 20.1 Å². The van der Waals surface area contributed by atoms with Gasteiger partial charge in [0.2, 0.25) is 0 Å². The van der Waals surface area contributed by atoms with Crippen molar-refractivity contribution in [1.82, 2.24) is 15.5 Å². The van der Waals surface area contributed by atoms with Crippen LogP contribution in [0.2, 0.25) is 0 Å². The first kappa shape index (κ1) is 22.2. The summed E-state index contributed by atoms with van der Waals surface area (Å²) >= 11 is 0. The van der Waals surface area contributed by atoms with Crippen LogP contribution in [0.4, 0.5) is 8.78 Å². The van der Waals surface area contributed by atoms with E-state index in [9.17, 15) is 8.78 Å². The number of nitrogens with zero attached hydrogens (tertiary/aromatic N) is 2. The topological polar surface area (TPSA) is 58.1 Å². The van der Waals surface area contributed by atoms with Crippen LogP contribution in [0, 0.1) is 5.92 Å². The van der Waals surface area contributed by atoms with Gasteiger partial charge in [0, 0.05) is 31.8 Å². The highest BCUT2D eigenvalue weighted by Crippen LogP contribution is 2.26. The highest BCUT2D eigenvalue weighted by molar-refractivity contribution is 5.79. The fourth-order valence-corrected chi connectivity index (χ4v) is 3.10. The smallest absolute Gasteiger partial charge is 0.387 e. The van der Waals surface area contributed by atoms with E-state index in [2.05, 4.69) is 32.3 Å². The first-order chi connectivity index (χ1) is 13.5. The third-order valence-corrected chi connectivity index (χ3v) is 4.79. The van der Waals surface area contributed by atoms with E-state index in [4.69, 9.17) is 4.74 Å². The monoisotopic (exact) mass is 398 g/mol. The average Bonchev–Trinajstić information content (AvgIpc) is 2.68. The predicted octanol–water partition coefficient (Wildman–Crippen LogP) is 3.08. The summed E-state index contributed by atoms with van der Waals surface area (Å²) < 4.78 is 35.7. The molecular formula is C20H32F2N4O2. The molecule has 0 aromatic heterocycles. The lowest BCUT2D eigenvalue weighted by atomic mass is 9.97. The van der Waals surface area contributed by atoms with E-state index in [0.717, 1.165) is 38.9 Å². The van der Waals surface area contributed by atoms with E-state index in [0.29, 0.717) is 36.3 Å². The summed E-state index contributed by atoms with van der Waals surface area (Å²) in [6.45, 7) is 3.01. The first-order valence-electron chi connectivity index (χ1n) is 9.85. The number of guanidine groups is 1. The zero-order valence-corrected chi connectivity index (χ0v) is 17.0. The Balaban J connectivity index is 1.91. The molecule has 1 aromatic rings. The number of halogens is 2. The molecule has 0 saturated carbocycles. The number of piperidine rings is 1. The summed E-state index contributed by atoms with van der Waals surface area (Å²) in [5.41, 5.74) is 0.617. The van der Waals surface area contributed by atoms with Crippen LogP contribution in [0.25, 0.3) is 0 Å². The Bertz CT molecular complexity index is 620. The van der Waals surface area contributed by atoms with Crippen LogP contribution >= 0.6 is 0 Å². The summed E-state index contributed by atoms with van der Waals surface area (Å²) in [5.74, 6) is 1.89. The fraction of sp³-hybridized carbons (Fsp3) is 0.650. The summed E-state index contributed by atoms with van der Waals surface area (Å²) in [6, 6.07) is 5.01. The molecule has 158 valence electrons. The third kappa shape index (κ3) is 7.50. The van der Waals surface area contributed by atoms with Crippen molar-refractivity contribution in [2.24, 2.45) is 10.9 Å². The number of hydrogen-bond donors (Lipinski definition) is 2. The lowest BCUT2D eigenvalue weighted by molar-refractivity contribution is -0.0505. The van der Waals surface area contributed by atoms with Gasteiger partial charge in [-0.1, -0.05) is 6.92 Å². The molecule has 0 amide bonds. The van der Waals surface area contributed by atoms with Gasteiger partial charge in [0.25, 0.3) is 0 Å². The second-order valence-electron chi connectivity index (χ2n) is 7.05. The molecule has 0 unspecified atom stereocenters. The van der Waals surface area contributed by atoms with Gasteiger partial charge in [0.05, 0.1) is 6.61 Å². The maximum atomic E-state index is 12.8. The Kier molecular flexibility index (Phi) is 9.27. The summed E-state index contributed by atoms with van der Waals surface area (Å²) in [5, 5.41) is 6.50. The lowest BCUT2D eigenvalue weighted by Gasteiger charge is -2.29. The molecule has 1 aliphatic heterocycles. The van der Waals surface area contributed by atoms with Gasteiger partial charge < -0.3 is 25.0 Å². The summed E-state index contributed by atoms with van der Waals surface area (Å²) in [6.07, 6.45) is 3.16. The number of aliphatic imine (C=N–C) groups is 1. The fourth-order valence-electron chi connectivity index (χ4n) is 3.10. The van der Waals surface area contributed by atoms with Crippen molar-refractivity contribution < 1.29 is 18.3 Å². The number of ether oxygens (including phenoxy) is 2. The minimum atomic E-state index is -2.89. The molecule has 2 N–H and O–H groups in total. The number of benzene rings is 1. The van der Waals surface area contributed by atoms with Crippen molar-refractivity contribution in [3.05, 3.63) is 23.8 Å². The maximum absolute atomic E-state index is 12.8. The Morgan fingerprint density at radius 2 is 2.04 bits per heavy atom. The van der Waals surface area contributed by atoms with Gasteiger partial charge in [-0.15, -0.1) is 0 Å². The number of alkyl halides is 2. The lowest BCUT2D eigenvalue weighted by Crippen LogP contribution is -2.42. The normalized spacial score (nSPS) is 16.3. The number of likely N-dealkylation sites (tertiary alicyclic amines) is 1. The van der Waals surface area contributed by atoms with Gasteiger partial charge in [0.1, 0.15) is 11.5 Å². The van der Waals surface area contributed by atoms with E-state index >= 15 is 0 Å². The van der Waals surface area contributed by atoms with Crippen LogP contribution in [0.5, 0.6) is 11.5 Å². The molecule has 0 aliphatic carbocycles. The summed E-state index contributed by atoms with van der Waals surface area (Å²) in [7, 11) is 3.84. The van der Waals surface area contributed by atoms with Crippen LogP contribution in [0.15, 0.2) is 23.2 Å². The van der Waals surface area contributed by atoms with Crippen molar-refractivity contribution in [1.29, 1.82) is 0 Å². The molecule has 1 fully saturated rings. The number of hydrogen-bond acceptors (Lipinski definition) is 4. The minimum absolute atomic E-state index is 0.113. The largest absolute Gasteiger partial charge is 0.493 e. The Morgan fingerprint density at radius 3 is 2.68 bits per heavy atom. The van der Waals surface area contributed by atoms with Crippen LogP contribution in [0.3, 0.4) is 0 Å². The molecule has 8 heteroatoms. The van der Waals surface area contributed by atoms with Gasteiger partial charge in [0.15, 0.2) is 5.96 Å². The third-order valence-electron chi connectivity index (χ3n) is 4.79. The minimum Gasteiger partial charge on any atom is -0.493 e. The van der Waals surface area contributed by atoms with E-state index in [1.54, 1.807) is 19.2 Å². The Hall–Kier alpha value is -2.09. The molecule has 1 saturated heterocycles. The van der Waals surface area contributed by atoms with E-state index < -0.39 is 6.61 Å². The van der Waals surface area contributed by atoms with Crippen molar-refractivity contribution >= 4 is 5.96 Å². The van der Waals surface area contributed by atoms with E-state index in [1.165, 1.54) is 6.07 Å². The van der Waals surface area contributed by atoms with Gasteiger partial charge in [-0.3, -0.25) is 4.99 Å². The SMILES string of the molecule is CCCOc1ccc(CNC(=NC)NCC2CCN(C)CC2)c(OC(F)F)c1. The molecule has 0 atom stereocenters. The standard InChI is InChI=1S/C20H32F2N4O2/c1-4-11-27-17-6-5-16(18(12-17)28-19(21)22)14-25-20(23-2)24-13-15-7-9-26(3)10-8-15/h5-6,12,15,19H,4,7-11,13-14H2,1-3H3,(H2,23,24,25). The molecule has 0 radical (unpaired) electrons. The zero-order valence-electron chi connectivity index (χ0n) is 17.0. The highest BCUT2D eigenvalue weighted by atomic mass is 19.3. The molecule has 1 aliphatic rings. The highest BCUT2D eigenvalue weighted by Gasteiger charge is 2.17. The molecule has 0 bridgehead atoms. The molecule has 1 aromatic carbocycles. The summed E-state index contributed by atoms with van der Waals surface area (Å²) in [4.78, 5) is 6.56. The molecule has 6 nitrogen and oxygen atoms in total. The second-order valence-corrected chi connectivity index (χ2v) is 7.05. The van der Waals surface area contributed by atoms with Crippen molar-refractivity contribution in [2.75, 3.05) is 40.3 Å². The van der Waals surface area contributed by atoms with Gasteiger partial charge in [-0.05, 0) is 57.5 Å². The molecule has 0 spiro atoms. The van der Waals surface area contributed by atoms with Crippen LogP contribution in [0.1, 0.15) is 31.7 Å². The molecule has 28 heavy (non-hydrogen) atoms. The van der Waals surface area contributed by atoms with Crippen molar-refractivity contribution in [3.8, 4) is 11.5 Å². The van der Waals surface area contributed by atoms with E-state index in [1.807, 2.05) is 6.92 Å². The van der Waals surface area contributed by atoms with Gasteiger partial charge in [-0.2, -0.15) is 8.78 Å².